The first-order chi connectivity index (χ1) is 16.7. The molecule has 7 rings (SSSR count). The Morgan fingerprint density at radius 1 is 1.23 bits per heavy atom. The molecular formula is C26H24N2O5S2. The van der Waals surface area contributed by atoms with Crippen LogP contribution in [0.3, 0.4) is 0 Å². The number of hydrogen-bond acceptors (Lipinski definition) is 7. The molecule has 7 nitrogen and oxygen atoms in total. The molecule has 0 amide bonds. The van der Waals surface area contributed by atoms with E-state index in [2.05, 4.69) is 4.90 Å². The number of benzene rings is 2. The summed E-state index contributed by atoms with van der Waals surface area (Å²) in [6.45, 7) is 2.59. The number of aliphatic hydroxyl groups is 1. The molecule has 1 aromatic heterocycles. The molecule has 35 heavy (non-hydrogen) atoms. The largest absolute Gasteiger partial charge is 0.510 e. The van der Waals surface area contributed by atoms with Crippen LogP contribution in [0.4, 0.5) is 5.69 Å². The number of ether oxygens (including phenoxy) is 1. The maximum absolute atomic E-state index is 13.8. The van der Waals surface area contributed by atoms with Crippen molar-refractivity contribution in [1.29, 1.82) is 0 Å². The van der Waals surface area contributed by atoms with Crippen molar-refractivity contribution in [3.63, 3.8) is 0 Å². The molecule has 1 spiro atoms. The Hall–Kier alpha value is -2.91. The molecule has 0 radical (unpaired) electrons. The third kappa shape index (κ3) is 2.63. The summed E-state index contributed by atoms with van der Waals surface area (Å²) >= 11 is 1.37. The van der Waals surface area contributed by atoms with Gasteiger partial charge in [0.1, 0.15) is 17.0 Å². The zero-order chi connectivity index (χ0) is 24.3. The van der Waals surface area contributed by atoms with Gasteiger partial charge in [0.05, 0.1) is 28.5 Å². The third-order valence-corrected chi connectivity index (χ3v) is 11.2. The van der Waals surface area contributed by atoms with Crippen LogP contribution in [0.5, 0.6) is 5.75 Å². The van der Waals surface area contributed by atoms with E-state index in [-0.39, 0.29) is 22.0 Å². The zero-order valence-corrected chi connectivity index (χ0v) is 20.9. The average molecular weight is 509 g/mol. The van der Waals surface area contributed by atoms with Gasteiger partial charge in [0.15, 0.2) is 5.12 Å². The number of methoxy groups -OCH3 is 1. The van der Waals surface area contributed by atoms with E-state index in [1.165, 1.54) is 15.7 Å². The molecule has 3 aliphatic heterocycles. The molecule has 1 saturated heterocycles. The van der Waals surface area contributed by atoms with Gasteiger partial charge in [-0.15, -0.1) is 0 Å². The third-order valence-electron chi connectivity index (χ3n) is 8.08. The summed E-state index contributed by atoms with van der Waals surface area (Å²) in [5.41, 5.74) is 4.38. The molecule has 0 saturated carbocycles. The van der Waals surface area contributed by atoms with Gasteiger partial charge in [-0.1, -0.05) is 29.5 Å². The minimum atomic E-state index is -3.87. The molecule has 1 aliphatic carbocycles. The highest BCUT2D eigenvalue weighted by molar-refractivity contribution is 8.14. The van der Waals surface area contributed by atoms with Crippen LogP contribution in [-0.2, 0) is 26.0 Å². The molecular weight excluding hydrogens is 484 g/mol. The van der Waals surface area contributed by atoms with Gasteiger partial charge in [-0.3, -0.25) is 4.79 Å². The van der Waals surface area contributed by atoms with Gasteiger partial charge in [0.25, 0.3) is 10.0 Å². The van der Waals surface area contributed by atoms with Crippen LogP contribution in [0, 0.1) is 12.8 Å². The number of hydrogen-bond donors (Lipinski definition) is 1. The van der Waals surface area contributed by atoms with Crippen molar-refractivity contribution < 1.29 is 23.1 Å². The number of carbonyl (C=O) groups is 1. The van der Waals surface area contributed by atoms with Crippen LogP contribution < -0.4 is 9.64 Å². The van der Waals surface area contributed by atoms with Gasteiger partial charge < -0.3 is 14.7 Å². The van der Waals surface area contributed by atoms with E-state index in [4.69, 9.17) is 4.74 Å². The fourth-order valence-electron chi connectivity index (χ4n) is 6.47. The van der Waals surface area contributed by atoms with Crippen molar-refractivity contribution in [3.05, 3.63) is 65.1 Å². The van der Waals surface area contributed by atoms with E-state index in [0.29, 0.717) is 42.8 Å². The monoisotopic (exact) mass is 508 g/mol. The molecule has 4 aliphatic rings. The lowest BCUT2D eigenvalue weighted by atomic mass is 9.70. The molecule has 9 heteroatoms. The minimum absolute atomic E-state index is 0.0967. The predicted molar refractivity (Wildman–Crippen MR) is 135 cm³/mol. The normalized spacial score (nSPS) is 26.6. The predicted octanol–water partition coefficient (Wildman–Crippen LogP) is 4.26. The summed E-state index contributed by atoms with van der Waals surface area (Å²) < 4.78 is 34.3. The fourth-order valence-corrected chi connectivity index (χ4v) is 9.34. The molecule has 3 aromatic rings. The maximum atomic E-state index is 13.8. The Bertz CT molecular complexity index is 1590. The summed E-state index contributed by atoms with van der Waals surface area (Å²) in [6.07, 6.45) is 5.28. The van der Waals surface area contributed by atoms with Crippen molar-refractivity contribution in [3.8, 4) is 5.75 Å². The van der Waals surface area contributed by atoms with Crippen LogP contribution in [0.25, 0.3) is 10.9 Å². The fraction of sp³-hybridized carbons (Fsp3) is 0.346. The summed E-state index contributed by atoms with van der Waals surface area (Å²) in [4.78, 5) is 15.1. The Kier molecular flexibility index (Phi) is 4.19. The van der Waals surface area contributed by atoms with Crippen molar-refractivity contribution in [2.24, 2.45) is 5.92 Å². The van der Waals surface area contributed by atoms with Gasteiger partial charge in [-0.25, -0.2) is 12.4 Å². The highest BCUT2D eigenvalue weighted by Gasteiger charge is 2.58. The smallest absolute Gasteiger partial charge is 0.268 e. The van der Waals surface area contributed by atoms with E-state index < -0.39 is 14.8 Å². The van der Waals surface area contributed by atoms with Crippen molar-refractivity contribution in [2.75, 3.05) is 18.6 Å². The molecule has 4 heterocycles. The molecule has 1 N–H and O–H groups in total. The zero-order valence-electron chi connectivity index (χ0n) is 19.3. The van der Waals surface area contributed by atoms with Crippen molar-refractivity contribution in [2.45, 2.75) is 41.9 Å². The van der Waals surface area contributed by atoms with Crippen LogP contribution in [-0.4, -0.2) is 42.3 Å². The quantitative estimate of drug-likeness (QED) is 0.566. The van der Waals surface area contributed by atoms with Gasteiger partial charge in [0, 0.05) is 30.5 Å². The molecule has 3 atom stereocenters. The van der Waals surface area contributed by atoms with Gasteiger partial charge >= 0.3 is 0 Å². The summed E-state index contributed by atoms with van der Waals surface area (Å²) in [7, 11) is -2.32. The lowest BCUT2D eigenvalue weighted by Crippen LogP contribution is -2.52. The molecule has 1 unspecified atom stereocenters. The Labute approximate surface area is 207 Å². The topological polar surface area (TPSA) is 88.8 Å². The second-order valence-corrected chi connectivity index (χ2v) is 13.1. The minimum Gasteiger partial charge on any atom is -0.510 e. The summed E-state index contributed by atoms with van der Waals surface area (Å²) in [5, 5.41) is 11.9. The van der Waals surface area contributed by atoms with E-state index >= 15 is 0 Å². The van der Waals surface area contributed by atoms with Gasteiger partial charge in [-0.05, 0) is 55.2 Å². The van der Waals surface area contributed by atoms with E-state index in [0.717, 1.165) is 27.8 Å². The number of aryl methyl sites for hydroxylation is 1. The number of thioether (sulfide) groups is 1. The molecule has 1 fully saturated rings. The lowest BCUT2D eigenvalue weighted by Gasteiger charge is -2.52. The Balaban J connectivity index is 1.56. The standard InChI is InChI=1S/C26H24N2O5S2/c1-14-3-5-17(6-4-14)35(31,32)28-13-15-7-8-27-19-12-26(16(9-20(19)29)10-22(30)34-26)18-11-21(33-2)25(28)23(15)24(18)27/h3-6,9,11,13,16,19,29H,7-8,10,12H2,1-2H3/t16?,19-,26-/m1/s1. The highest BCUT2D eigenvalue weighted by Crippen LogP contribution is 2.65. The number of allylic oxidation sites excluding steroid dienone is 1. The second kappa shape index (κ2) is 6.85. The van der Waals surface area contributed by atoms with Crippen molar-refractivity contribution >= 4 is 43.5 Å². The van der Waals surface area contributed by atoms with Gasteiger partial charge in [-0.2, -0.15) is 0 Å². The van der Waals surface area contributed by atoms with Gasteiger partial charge in [0.2, 0.25) is 0 Å². The summed E-state index contributed by atoms with van der Waals surface area (Å²) in [5.74, 6) is 0.694. The number of anilines is 1. The first-order valence-corrected chi connectivity index (χ1v) is 14.0. The average Bonchev–Trinajstić information content (AvgIpc) is 3.38. The van der Waals surface area contributed by atoms with Crippen LogP contribution >= 0.6 is 11.8 Å². The number of aromatic nitrogens is 1. The van der Waals surface area contributed by atoms with E-state index in [1.54, 1.807) is 37.6 Å². The Morgan fingerprint density at radius 2 is 2.00 bits per heavy atom. The number of aliphatic hydroxyl groups excluding tert-OH is 1. The highest BCUT2D eigenvalue weighted by atomic mass is 32.2. The number of carbonyl (C=O) groups excluding carboxylic acids is 1. The first kappa shape index (κ1) is 21.4. The Morgan fingerprint density at radius 3 is 2.74 bits per heavy atom. The lowest BCUT2D eigenvalue weighted by molar-refractivity contribution is -0.110. The molecule has 2 bridgehead atoms. The van der Waals surface area contributed by atoms with E-state index in [9.17, 15) is 18.3 Å². The second-order valence-electron chi connectivity index (χ2n) is 9.90. The van der Waals surface area contributed by atoms with Crippen LogP contribution in [0.15, 0.2) is 53.3 Å². The SMILES string of the molecule is COc1cc2c3c4c(cn(S(=O)(=O)c5ccc(C)cc5)c14)CCN3[C@@H]1C[C@]23SC(=O)CC3C=C1O. The first-order valence-electron chi connectivity index (χ1n) is 11.7. The molecule has 180 valence electrons. The van der Waals surface area contributed by atoms with Crippen LogP contribution in [0.1, 0.15) is 29.5 Å². The molecule has 2 aromatic carbocycles. The number of nitrogens with zero attached hydrogens (tertiary/aromatic N) is 2. The maximum Gasteiger partial charge on any atom is 0.268 e. The van der Waals surface area contributed by atoms with Crippen molar-refractivity contribution in [1.82, 2.24) is 3.97 Å². The summed E-state index contributed by atoms with van der Waals surface area (Å²) in [6, 6.07) is 8.56. The van der Waals surface area contributed by atoms with E-state index in [1.807, 2.05) is 19.1 Å². The van der Waals surface area contributed by atoms with Crippen LogP contribution in [0.2, 0.25) is 0 Å². The number of rotatable bonds is 3. The number of fused-ring (bicyclic) bond motifs is 2.